The number of carbonyl (C=O) groups is 4. The second-order valence-corrected chi connectivity index (χ2v) is 9.29. The molecule has 2 fully saturated rings. The Bertz CT molecular complexity index is 1080. The monoisotopic (exact) mass is 490 g/mol. The fraction of sp³-hybridized carbons (Fsp3) is 0.524. The van der Waals surface area contributed by atoms with Crippen LogP contribution in [-0.2, 0) is 25.7 Å². The third kappa shape index (κ3) is 4.79. The van der Waals surface area contributed by atoms with E-state index < -0.39 is 36.0 Å². The summed E-state index contributed by atoms with van der Waals surface area (Å²) < 4.78 is 12.1. The molecule has 12 nitrogen and oxygen atoms in total. The van der Waals surface area contributed by atoms with Crippen LogP contribution in [0, 0.1) is 5.92 Å². The summed E-state index contributed by atoms with van der Waals surface area (Å²) in [5.74, 6) is -0.425. The topological polar surface area (TPSA) is 149 Å². The number of amides is 4. The van der Waals surface area contributed by atoms with Gasteiger partial charge in [0.2, 0.25) is 0 Å². The molecule has 13 heteroatoms. The number of carbonyl (C=O) groups excluding carboxylic acids is 4. The SMILES string of the molecule is CCn1c(SCC(=O)OCC(=O)NN2C(=O)NC3(CCC(C)CC3)C2=O)nnc1-c1ccco1. The molecular weight excluding hydrogens is 464 g/mol. The molecule has 34 heavy (non-hydrogen) atoms. The molecule has 182 valence electrons. The summed E-state index contributed by atoms with van der Waals surface area (Å²) in [6.45, 7) is 3.95. The number of imide groups is 1. The maximum Gasteiger partial charge on any atom is 0.344 e. The van der Waals surface area contributed by atoms with E-state index in [0.717, 1.165) is 24.6 Å². The van der Waals surface area contributed by atoms with E-state index in [1.165, 1.54) is 6.26 Å². The van der Waals surface area contributed by atoms with Crippen molar-refractivity contribution >= 4 is 35.6 Å². The van der Waals surface area contributed by atoms with Gasteiger partial charge in [0.25, 0.3) is 11.8 Å². The number of hydrazine groups is 1. The van der Waals surface area contributed by atoms with Gasteiger partial charge in [0.15, 0.2) is 23.3 Å². The fourth-order valence-corrected chi connectivity index (χ4v) is 4.85. The first-order valence-electron chi connectivity index (χ1n) is 11.0. The zero-order chi connectivity index (χ0) is 24.3. The lowest BCUT2D eigenvalue weighted by Gasteiger charge is -2.33. The maximum atomic E-state index is 12.8. The first kappa shape index (κ1) is 23.8. The van der Waals surface area contributed by atoms with E-state index in [-0.39, 0.29) is 5.75 Å². The molecule has 2 aliphatic rings. The minimum atomic E-state index is -0.964. The average Bonchev–Trinajstić information content (AvgIpc) is 3.54. The molecule has 1 aliphatic carbocycles. The summed E-state index contributed by atoms with van der Waals surface area (Å²) in [5, 5.41) is 12.1. The van der Waals surface area contributed by atoms with E-state index in [0.29, 0.717) is 47.1 Å². The van der Waals surface area contributed by atoms with Crippen molar-refractivity contribution in [2.75, 3.05) is 12.4 Å². The van der Waals surface area contributed by atoms with E-state index in [2.05, 4.69) is 27.9 Å². The maximum absolute atomic E-state index is 12.8. The largest absolute Gasteiger partial charge is 0.461 e. The van der Waals surface area contributed by atoms with Crippen LogP contribution >= 0.6 is 11.8 Å². The number of furan rings is 1. The zero-order valence-corrected chi connectivity index (χ0v) is 19.7. The molecule has 1 spiro atoms. The van der Waals surface area contributed by atoms with Crippen LogP contribution < -0.4 is 10.7 Å². The highest BCUT2D eigenvalue weighted by Gasteiger charge is 2.52. The molecule has 0 radical (unpaired) electrons. The number of nitrogens with zero attached hydrogens (tertiary/aromatic N) is 4. The van der Waals surface area contributed by atoms with E-state index in [9.17, 15) is 19.2 Å². The highest BCUT2D eigenvalue weighted by atomic mass is 32.2. The molecule has 4 rings (SSSR count). The quantitative estimate of drug-likeness (QED) is 0.320. The van der Waals surface area contributed by atoms with Gasteiger partial charge in [0, 0.05) is 6.54 Å². The van der Waals surface area contributed by atoms with Crippen LogP contribution in [0.5, 0.6) is 0 Å². The Morgan fingerprint density at radius 1 is 1.32 bits per heavy atom. The number of ether oxygens (including phenoxy) is 1. The number of rotatable bonds is 8. The third-order valence-electron chi connectivity index (χ3n) is 5.98. The van der Waals surface area contributed by atoms with Crippen molar-refractivity contribution in [3.63, 3.8) is 0 Å². The van der Waals surface area contributed by atoms with Crippen LogP contribution in [-0.4, -0.2) is 61.5 Å². The smallest absolute Gasteiger partial charge is 0.344 e. The highest BCUT2D eigenvalue weighted by molar-refractivity contribution is 7.99. The van der Waals surface area contributed by atoms with Crippen LogP contribution in [0.15, 0.2) is 28.0 Å². The minimum absolute atomic E-state index is 0.103. The fourth-order valence-electron chi connectivity index (χ4n) is 4.05. The molecule has 0 bridgehead atoms. The molecule has 2 N–H and O–H groups in total. The van der Waals surface area contributed by atoms with Gasteiger partial charge in [-0.2, -0.15) is 5.01 Å². The van der Waals surface area contributed by atoms with E-state index in [1.54, 1.807) is 16.7 Å². The molecule has 2 aromatic rings. The van der Waals surface area contributed by atoms with Crippen LogP contribution in [0.3, 0.4) is 0 Å². The molecule has 0 atom stereocenters. The Labute approximate surface area is 199 Å². The number of hydrogen-bond acceptors (Lipinski definition) is 9. The summed E-state index contributed by atoms with van der Waals surface area (Å²) in [5.41, 5.74) is 1.28. The minimum Gasteiger partial charge on any atom is -0.461 e. The van der Waals surface area contributed by atoms with Crippen molar-refractivity contribution in [1.29, 1.82) is 0 Å². The second-order valence-electron chi connectivity index (χ2n) is 8.35. The predicted molar refractivity (Wildman–Crippen MR) is 119 cm³/mol. The van der Waals surface area contributed by atoms with Gasteiger partial charge >= 0.3 is 12.0 Å². The van der Waals surface area contributed by atoms with Gasteiger partial charge in [0.1, 0.15) is 5.54 Å². The van der Waals surface area contributed by atoms with Crippen molar-refractivity contribution in [2.24, 2.45) is 5.92 Å². The highest BCUT2D eigenvalue weighted by Crippen LogP contribution is 2.35. The van der Waals surface area contributed by atoms with Gasteiger partial charge in [-0.3, -0.25) is 24.4 Å². The molecule has 4 amide bonds. The normalized spacial score (nSPS) is 22.2. The van der Waals surface area contributed by atoms with Crippen molar-refractivity contribution in [3.8, 4) is 11.6 Å². The van der Waals surface area contributed by atoms with Gasteiger partial charge in [-0.15, -0.1) is 10.2 Å². The number of nitrogens with one attached hydrogen (secondary N) is 2. The van der Waals surface area contributed by atoms with Gasteiger partial charge < -0.3 is 14.5 Å². The average molecular weight is 491 g/mol. The summed E-state index contributed by atoms with van der Waals surface area (Å²) in [4.78, 5) is 49.4. The van der Waals surface area contributed by atoms with Crippen LogP contribution in [0.1, 0.15) is 39.5 Å². The van der Waals surface area contributed by atoms with Crippen molar-refractivity contribution in [1.82, 2.24) is 30.5 Å². The summed E-state index contributed by atoms with van der Waals surface area (Å²) in [6, 6.07) is 2.83. The molecule has 1 saturated heterocycles. The van der Waals surface area contributed by atoms with Gasteiger partial charge in [-0.05, 0) is 50.7 Å². The lowest BCUT2D eigenvalue weighted by atomic mass is 9.77. The number of hydrogen-bond donors (Lipinski definition) is 2. The van der Waals surface area contributed by atoms with E-state index >= 15 is 0 Å². The summed E-state index contributed by atoms with van der Waals surface area (Å²) in [7, 11) is 0. The van der Waals surface area contributed by atoms with Gasteiger partial charge in [-0.25, -0.2) is 4.79 Å². The Balaban J connectivity index is 1.25. The molecule has 1 saturated carbocycles. The third-order valence-corrected chi connectivity index (χ3v) is 6.92. The molecule has 0 unspecified atom stereocenters. The number of thioether (sulfide) groups is 1. The Kier molecular flexibility index (Phi) is 6.91. The summed E-state index contributed by atoms with van der Waals surface area (Å²) in [6.07, 6.45) is 4.23. The van der Waals surface area contributed by atoms with E-state index in [4.69, 9.17) is 9.15 Å². The first-order valence-corrected chi connectivity index (χ1v) is 12.0. The van der Waals surface area contributed by atoms with Crippen molar-refractivity contribution in [2.45, 2.75) is 56.8 Å². The number of aromatic nitrogens is 3. The summed E-state index contributed by atoms with van der Waals surface area (Å²) >= 11 is 1.11. The molecule has 2 aromatic heterocycles. The standard InChI is InChI=1S/C21H26N6O6S/c1-3-26-17(14-5-4-10-32-14)23-24-20(26)34-12-16(29)33-11-15(28)25-27-18(30)21(22-19(27)31)8-6-13(2)7-9-21/h4-5,10,13H,3,6-9,11-12H2,1-2H3,(H,22,31)(H,25,28). The van der Waals surface area contributed by atoms with Crippen LogP contribution in [0.2, 0.25) is 0 Å². The molecule has 3 heterocycles. The van der Waals surface area contributed by atoms with Gasteiger partial charge in [0.05, 0.1) is 12.0 Å². The lowest BCUT2D eigenvalue weighted by Crippen LogP contribution is -2.52. The molecule has 0 aromatic carbocycles. The van der Waals surface area contributed by atoms with Crippen molar-refractivity contribution < 1.29 is 28.3 Å². The number of esters is 1. The van der Waals surface area contributed by atoms with Crippen molar-refractivity contribution in [3.05, 3.63) is 18.4 Å². The number of urea groups is 1. The Morgan fingerprint density at radius 2 is 2.09 bits per heavy atom. The first-order chi connectivity index (χ1) is 16.3. The predicted octanol–water partition coefficient (Wildman–Crippen LogP) is 1.73. The lowest BCUT2D eigenvalue weighted by molar-refractivity contribution is -0.148. The molecule has 1 aliphatic heterocycles. The van der Waals surface area contributed by atoms with E-state index in [1.807, 2.05) is 6.92 Å². The van der Waals surface area contributed by atoms with Gasteiger partial charge in [-0.1, -0.05) is 18.7 Å². The Hall–Kier alpha value is -3.35. The Morgan fingerprint density at radius 3 is 2.76 bits per heavy atom. The second kappa shape index (κ2) is 9.87. The molecular formula is C21H26N6O6S. The van der Waals surface area contributed by atoms with Crippen LogP contribution in [0.25, 0.3) is 11.6 Å². The van der Waals surface area contributed by atoms with Crippen LogP contribution in [0.4, 0.5) is 4.79 Å². The zero-order valence-electron chi connectivity index (χ0n) is 18.9.